The fraction of sp³-hybridized carbons (Fsp3) is 0.310. The Morgan fingerprint density at radius 1 is 0.974 bits per heavy atom. The van der Waals surface area contributed by atoms with Gasteiger partial charge in [-0.25, -0.2) is 13.4 Å². The first-order chi connectivity index (χ1) is 18.7. The zero-order valence-electron chi connectivity index (χ0n) is 22.7. The first kappa shape index (κ1) is 28.7. The third kappa shape index (κ3) is 6.83. The second-order valence-corrected chi connectivity index (χ2v) is 12.3. The summed E-state index contributed by atoms with van der Waals surface area (Å²) in [7, 11) is 1.87. The number of amides is 1. The second kappa shape index (κ2) is 12.7. The molecule has 3 aromatic carbocycles. The summed E-state index contributed by atoms with van der Waals surface area (Å²) in [6.07, 6.45) is 0.759. The summed E-state index contributed by atoms with van der Waals surface area (Å²) in [5.41, 5.74) is 2.11. The minimum atomic E-state index is -3.73. The molecule has 39 heavy (non-hydrogen) atoms. The molecule has 0 spiro atoms. The van der Waals surface area contributed by atoms with E-state index in [4.69, 9.17) is 9.72 Å². The van der Waals surface area contributed by atoms with Crippen LogP contribution >= 0.6 is 11.3 Å². The van der Waals surface area contributed by atoms with Crippen molar-refractivity contribution in [3.63, 3.8) is 0 Å². The highest BCUT2D eigenvalue weighted by atomic mass is 32.2. The van der Waals surface area contributed by atoms with Crippen molar-refractivity contribution in [3.8, 4) is 5.75 Å². The number of hydrogen-bond acceptors (Lipinski definition) is 7. The van der Waals surface area contributed by atoms with Crippen LogP contribution in [0.1, 0.15) is 29.3 Å². The lowest BCUT2D eigenvalue weighted by Gasteiger charge is -2.22. The molecule has 4 aromatic rings. The quantitative estimate of drug-likeness (QED) is 0.237. The Morgan fingerprint density at radius 3 is 2.33 bits per heavy atom. The number of sulfonamides is 1. The van der Waals surface area contributed by atoms with Crippen molar-refractivity contribution >= 4 is 42.6 Å². The molecule has 206 valence electrons. The van der Waals surface area contributed by atoms with Crippen molar-refractivity contribution in [2.75, 3.05) is 45.7 Å². The van der Waals surface area contributed by atoms with E-state index in [9.17, 15) is 13.2 Å². The average Bonchev–Trinajstić information content (AvgIpc) is 3.37. The van der Waals surface area contributed by atoms with Gasteiger partial charge in [0.2, 0.25) is 10.0 Å². The van der Waals surface area contributed by atoms with Gasteiger partial charge in [0.25, 0.3) is 5.91 Å². The molecule has 0 aliphatic carbocycles. The van der Waals surface area contributed by atoms with Gasteiger partial charge >= 0.3 is 0 Å². The van der Waals surface area contributed by atoms with Gasteiger partial charge in [0.1, 0.15) is 5.75 Å². The molecule has 1 aromatic heterocycles. The van der Waals surface area contributed by atoms with E-state index in [1.165, 1.54) is 27.8 Å². The van der Waals surface area contributed by atoms with E-state index in [0.717, 1.165) is 34.5 Å². The highest BCUT2D eigenvalue weighted by molar-refractivity contribution is 7.89. The lowest BCUT2D eigenvalue weighted by atomic mass is 10.2. The number of methoxy groups -OCH3 is 1. The maximum absolute atomic E-state index is 13.7. The molecule has 4 rings (SSSR count). The molecule has 1 heterocycles. The number of anilines is 1. The maximum atomic E-state index is 13.7. The van der Waals surface area contributed by atoms with Gasteiger partial charge in [0.15, 0.2) is 5.13 Å². The fourth-order valence-corrected chi connectivity index (χ4v) is 6.65. The number of carbonyl (C=O) groups excluding carboxylic acids is 1. The molecule has 0 N–H and O–H groups in total. The molecule has 0 bridgehead atoms. The highest BCUT2D eigenvalue weighted by Gasteiger charge is 2.25. The number of carbonyl (C=O) groups is 1. The molecule has 0 fully saturated rings. The molecule has 1 amide bonds. The van der Waals surface area contributed by atoms with Crippen molar-refractivity contribution in [2.45, 2.75) is 24.8 Å². The van der Waals surface area contributed by atoms with Crippen molar-refractivity contribution < 1.29 is 17.9 Å². The number of nitrogens with zero attached hydrogens (tertiary/aromatic N) is 4. The monoisotopic (exact) mass is 566 g/mol. The van der Waals surface area contributed by atoms with E-state index >= 15 is 0 Å². The summed E-state index contributed by atoms with van der Waals surface area (Å²) in [6.45, 7) is 3.72. The predicted octanol–water partition coefficient (Wildman–Crippen LogP) is 5.11. The summed E-state index contributed by atoms with van der Waals surface area (Å²) in [4.78, 5) is 22.3. The minimum Gasteiger partial charge on any atom is -0.497 e. The Morgan fingerprint density at radius 2 is 1.69 bits per heavy atom. The maximum Gasteiger partial charge on any atom is 0.260 e. The Labute approximate surface area is 234 Å². The Balaban J connectivity index is 1.59. The number of ether oxygens (including phenoxy) is 1. The van der Waals surface area contributed by atoms with Crippen LogP contribution in [0, 0.1) is 0 Å². The standard InChI is InChI=1S/C29H34N4O4S2/c1-5-32(21-22-10-7-6-8-11-22)39(35,36)25-15-12-23(13-16-25)28(34)33(19-9-18-31(2)3)29-30-26-17-14-24(37-4)20-27(26)38-29/h6-8,10-17,20H,5,9,18-19,21H2,1-4H3. The number of hydrogen-bond donors (Lipinski definition) is 0. The minimum absolute atomic E-state index is 0.156. The Hall–Kier alpha value is -3.31. The normalized spacial score (nSPS) is 11.8. The third-order valence-corrected chi connectivity index (χ3v) is 9.32. The molecule has 0 atom stereocenters. The van der Waals surface area contributed by atoms with Crippen LogP contribution in [0.3, 0.4) is 0 Å². The van der Waals surface area contributed by atoms with Gasteiger partial charge in [-0.15, -0.1) is 0 Å². The molecule has 8 nitrogen and oxygen atoms in total. The van der Waals surface area contributed by atoms with Crippen LogP contribution in [0.5, 0.6) is 5.75 Å². The van der Waals surface area contributed by atoms with Gasteiger partial charge in [-0.2, -0.15) is 4.31 Å². The Bertz CT molecular complexity index is 1500. The smallest absolute Gasteiger partial charge is 0.260 e. The third-order valence-electron chi connectivity index (χ3n) is 6.34. The Kier molecular flexibility index (Phi) is 9.34. The number of rotatable bonds is 12. The summed E-state index contributed by atoms with van der Waals surface area (Å²) in [6, 6.07) is 21.3. The number of thiazole rings is 1. The van der Waals surface area contributed by atoms with Crippen molar-refractivity contribution in [3.05, 3.63) is 83.9 Å². The van der Waals surface area contributed by atoms with Crippen LogP contribution in [0.25, 0.3) is 10.2 Å². The molecule has 0 aliphatic heterocycles. The molecular formula is C29H34N4O4S2. The SMILES string of the molecule is CCN(Cc1ccccc1)S(=O)(=O)c1ccc(C(=O)N(CCCN(C)C)c2nc3ccc(OC)cc3s2)cc1. The van der Waals surface area contributed by atoms with Crippen molar-refractivity contribution in [2.24, 2.45) is 0 Å². The number of benzene rings is 3. The molecule has 0 unspecified atom stereocenters. The topological polar surface area (TPSA) is 83.1 Å². The fourth-order valence-electron chi connectivity index (χ4n) is 4.19. The average molecular weight is 567 g/mol. The summed E-state index contributed by atoms with van der Waals surface area (Å²) in [5.74, 6) is 0.508. The molecule has 10 heteroatoms. The van der Waals surface area contributed by atoms with Gasteiger partial charge in [-0.05, 0) is 75.1 Å². The summed E-state index contributed by atoms with van der Waals surface area (Å²) < 4.78 is 34.4. The zero-order valence-corrected chi connectivity index (χ0v) is 24.3. The molecule has 0 aliphatic rings. The van der Waals surface area contributed by atoms with Gasteiger partial charge in [0.05, 0.1) is 22.2 Å². The van der Waals surface area contributed by atoms with E-state index in [-0.39, 0.29) is 17.3 Å². The van der Waals surface area contributed by atoms with Crippen LogP contribution in [0.2, 0.25) is 0 Å². The van der Waals surface area contributed by atoms with Gasteiger partial charge < -0.3 is 9.64 Å². The van der Waals surface area contributed by atoms with E-state index in [0.29, 0.717) is 23.8 Å². The van der Waals surface area contributed by atoms with Crippen LogP contribution < -0.4 is 9.64 Å². The van der Waals surface area contributed by atoms with E-state index in [1.807, 2.05) is 69.6 Å². The van der Waals surface area contributed by atoms with Gasteiger partial charge in [-0.1, -0.05) is 48.6 Å². The lowest BCUT2D eigenvalue weighted by Crippen LogP contribution is -2.33. The van der Waals surface area contributed by atoms with Gasteiger partial charge in [-0.3, -0.25) is 9.69 Å². The van der Waals surface area contributed by atoms with Crippen LogP contribution in [-0.2, 0) is 16.6 Å². The molecule has 0 radical (unpaired) electrons. The molecular weight excluding hydrogens is 532 g/mol. The first-order valence-electron chi connectivity index (χ1n) is 12.8. The summed E-state index contributed by atoms with van der Waals surface area (Å²) >= 11 is 1.43. The first-order valence-corrected chi connectivity index (χ1v) is 15.0. The van der Waals surface area contributed by atoms with Crippen molar-refractivity contribution in [1.29, 1.82) is 0 Å². The molecule has 0 saturated carbocycles. The highest BCUT2D eigenvalue weighted by Crippen LogP contribution is 2.32. The molecule has 0 saturated heterocycles. The van der Waals surface area contributed by atoms with Crippen LogP contribution in [0.15, 0.2) is 77.7 Å². The largest absolute Gasteiger partial charge is 0.497 e. The predicted molar refractivity (Wildman–Crippen MR) is 157 cm³/mol. The van der Waals surface area contributed by atoms with E-state index in [2.05, 4.69) is 4.90 Å². The van der Waals surface area contributed by atoms with Crippen LogP contribution in [0.4, 0.5) is 5.13 Å². The lowest BCUT2D eigenvalue weighted by molar-refractivity contribution is 0.0986. The zero-order chi connectivity index (χ0) is 28.0. The van der Waals surface area contributed by atoms with Crippen molar-refractivity contribution in [1.82, 2.24) is 14.2 Å². The second-order valence-electron chi connectivity index (χ2n) is 9.38. The van der Waals surface area contributed by atoms with Crippen LogP contribution in [-0.4, -0.2) is 69.4 Å². The number of aromatic nitrogens is 1. The van der Waals surface area contributed by atoms with E-state index < -0.39 is 10.0 Å². The summed E-state index contributed by atoms with van der Waals surface area (Å²) in [5, 5.41) is 0.596. The van der Waals surface area contributed by atoms with Gasteiger partial charge in [0, 0.05) is 25.2 Å². The van der Waals surface area contributed by atoms with E-state index in [1.54, 1.807) is 24.1 Å². The number of fused-ring (bicyclic) bond motifs is 1.